The van der Waals surface area contributed by atoms with Gasteiger partial charge in [0.2, 0.25) is 0 Å². The molecule has 84 valence electrons. The van der Waals surface area contributed by atoms with Crippen LogP contribution < -0.4 is 0 Å². The van der Waals surface area contributed by atoms with Crippen LogP contribution in [-0.4, -0.2) is 24.6 Å². The fourth-order valence-electron chi connectivity index (χ4n) is 6.47. The van der Waals surface area contributed by atoms with E-state index in [2.05, 4.69) is 0 Å². The standard InChI is InChI=1S/C12H12O4/c1-3(13)16-12-7-4-8(12)6-9(12)5(7)11(4,6)10(14)15-2/h4-9H,1-2H3. The molecule has 0 aromatic rings. The summed E-state index contributed by atoms with van der Waals surface area (Å²) in [6.45, 7) is 1.48. The lowest BCUT2D eigenvalue weighted by atomic mass is 8.95. The van der Waals surface area contributed by atoms with Gasteiger partial charge in [-0.3, -0.25) is 9.59 Å². The van der Waals surface area contributed by atoms with E-state index in [4.69, 9.17) is 9.47 Å². The number of hydrogen-bond acceptors (Lipinski definition) is 4. The molecule has 0 spiro atoms. The van der Waals surface area contributed by atoms with Crippen LogP contribution in [0.15, 0.2) is 0 Å². The molecule has 6 rings (SSSR count). The Morgan fingerprint density at radius 1 is 1.00 bits per heavy atom. The summed E-state index contributed by atoms with van der Waals surface area (Å²) in [4.78, 5) is 22.9. The van der Waals surface area contributed by atoms with Crippen LogP contribution >= 0.6 is 0 Å². The van der Waals surface area contributed by atoms with Crippen molar-refractivity contribution < 1.29 is 19.1 Å². The Bertz CT molecular complexity index is 426. The summed E-state index contributed by atoms with van der Waals surface area (Å²) in [5.41, 5.74) is -0.224. The zero-order valence-electron chi connectivity index (χ0n) is 9.10. The minimum absolute atomic E-state index is 0.00706. The topological polar surface area (TPSA) is 52.6 Å². The van der Waals surface area contributed by atoms with Gasteiger partial charge >= 0.3 is 11.9 Å². The number of carbonyl (C=O) groups excluding carboxylic acids is 2. The van der Waals surface area contributed by atoms with E-state index >= 15 is 0 Å². The lowest BCUT2D eigenvalue weighted by Gasteiger charge is -3.08. The van der Waals surface area contributed by atoms with Gasteiger partial charge < -0.3 is 9.47 Å². The molecule has 0 atom stereocenters. The molecule has 0 saturated heterocycles. The highest BCUT2D eigenvalue weighted by molar-refractivity contribution is 5.89. The van der Waals surface area contributed by atoms with Crippen molar-refractivity contribution in [2.45, 2.75) is 12.5 Å². The van der Waals surface area contributed by atoms with Gasteiger partial charge in [0.1, 0.15) is 5.60 Å². The minimum Gasteiger partial charge on any atom is -0.469 e. The second-order valence-electron chi connectivity index (χ2n) is 6.03. The van der Waals surface area contributed by atoms with Crippen LogP contribution in [0.5, 0.6) is 0 Å². The fraction of sp³-hybridized carbons (Fsp3) is 0.833. The molecule has 4 heteroatoms. The lowest BCUT2D eigenvalue weighted by Crippen LogP contribution is -3.14. The molecule has 0 bridgehead atoms. The minimum atomic E-state index is -0.164. The van der Waals surface area contributed by atoms with Gasteiger partial charge in [-0.25, -0.2) is 0 Å². The van der Waals surface area contributed by atoms with Gasteiger partial charge in [-0.1, -0.05) is 0 Å². The number of carbonyl (C=O) groups is 2. The van der Waals surface area contributed by atoms with Gasteiger partial charge in [0.05, 0.1) is 12.5 Å². The molecule has 6 fully saturated rings. The van der Waals surface area contributed by atoms with E-state index < -0.39 is 0 Å². The van der Waals surface area contributed by atoms with Crippen LogP contribution in [-0.2, 0) is 19.1 Å². The predicted octanol–water partition coefficient (Wildman–Crippen LogP) is 0.213. The third kappa shape index (κ3) is 0.356. The molecule has 0 aromatic heterocycles. The Kier molecular flexibility index (Phi) is 0.865. The predicted molar refractivity (Wildman–Crippen MR) is 49.9 cm³/mol. The van der Waals surface area contributed by atoms with Crippen molar-refractivity contribution in [3.8, 4) is 0 Å². The molecule has 4 nitrogen and oxygen atoms in total. The van der Waals surface area contributed by atoms with Crippen LogP contribution in [0.1, 0.15) is 6.92 Å². The third-order valence-corrected chi connectivity index (χ3v) is 6.40. The molecule has 0 amide bonds. The average Bonchev–Trinajstić information content (AvgIpc) is 2.28. The Morgan fingerprint density at radius 2 is 1.50 bits per heavy atom. The van der Waals surface area contributed by atoms with E-state index in [9.17, 15) is 9.59 Å². The van der Waals surface area contributed by atoms with Crippen molar-refractivity contribution in [3.63, 3.8) is 0 Å². The largest absolute Gasteiger partial charge is 0.469 e. The molecule has 0 heterocycles. The molecule has 6 aliphatic rings. The SMILES string of the molecule is COC(=O)C12C3C4C1C1C2C3C41OC(C)=O. The molecular formula is C12H12O4. The van der Waals surface area contributed by atoms with Gasteiger partial charge in [-0.05, 0) is 17.8 Å². The summed E-state index contributed by atoms with van der Waals surface area (Å²) in [7, 11) is 1.48. The molecule has 6 saturated carbocycles. The number of methoxy groups -OCH3 is 1. The molecule has 0 unspecified atom stereocenters. The second-order valence-corrected chi connectivity index (χ2v) is 6.03. The molecule has 0 radical (unpaired) electrons. The highest BCUT2D eigenvalue weighted by Crippen LogP contribution is 3.07. The second kappa shape index (κ2) is 1.71. The van der Waals surface area contributed by atoms with E-state index in [1.807, 2.05) is 0 Å². The fourth-order valence-corrected chi connectivity index (χ4v) is 6.47. The Morgan fingerprint density at radius 3 is 1.88 bits per heavy atom. The van der Waals surface area contributed by atoms with E-state index in [0.29, 0.717) is 35.5 Å². The van der Waals surface area contributed by atoms with Crippen molar-refractivity contribution >= 4 is 11.9 Å². The molecule has 0 aliphatic heterocycles. The van der Waals surface area contributed by atoms with Gasteiger partial charge in [0.15, 0.2) is 0 Å². The molecule has 16 heavy (non-hydrogen) atoms. The number of rotatable bonds is 2. The molecule has 0 aromatic carbocycles. The number of ether oxygens (including phenoxy) is 2. The van der Waals surface area contributed by atoms with Crippen LogP contribution in [0.3, 0.4) is 0 Å². The van der Waals surface area contributed by atoms with Crippen LogP contribution in [0.25, 0.3) is 0 Å². The number of hydrogen-bond donors (Lipinski definition) is 0. The van der Waals surface area contributed by atoms with E-state index in [-0.39, 0.29) is 23.0 Å². The highest BCUT2D eigenvalue weighted by Gasteiger charge is 3.13. The monoisotopic (exact) mass is 220 g/mol. The maximum atomic E-state index is 11.8. The van der Waals surface area contributed by atoms with Crippen LogP contribution in [0, 0.1) is 40.9 Å². The van der Waals surface area contributed by atoms with E-state index in [1.165, 1.54) is 14.0 Å². The summed E-state index contributed by atoms with van der Waals surface area (Å²) in [5, 5.41) is 0. The zero-order valence-corrected chi connectivity index (χ0v) is 9.10. The van der Waals surface area contributed by atoms with Gasteiger partial charge in [-0.15, -0.1) is 0 Å². The molecular weight excluding hydrogens is 208 g/mol. The third-order valence-electron chi connectivity index (χ3n) is 6.40. The first-order valence-corrected chi connectivity index (χ1v) is 5.91. The van der Waals surface area contributed by atoms with Gasteiger partial charge in [-0.2, -0.15) is 0 Å². The smallest absolute Gasteiger partial charge is 0.312 e. The highest BCUT2D eigenvalue weighted by atomic mass is 16.6. The normalized spacial score (nSPS) is 68.4. The summed E-state index contributed by atoms with van der Waals surface area (Å²) in [6, 6.07) is 0. The Labute approximate surface area is 92.3 Å². The quantitative estimate of drug-likeness (QED) is 0.624. The van der Waals surface area contributed by atoms with E-state index in [1.54, 1.807) is 0 Å². The first kappa shape index (κ1) is 8.09. The van der Waals surface area contributed by atoms with Crippen molar-refractivity contribution in [2.75, 3.05) is 7.11 Å². The number of esters is 2. The van der Waals surface area contributed by atoms with Crippen molar-refractivity contribution in [1.82, 2.24) is 0 Å². The summed E-state index contributed by atoms with van der Waals surface area (Å²) in [6.07, 6.45) is 0. The van der Waals surface area contributed by atoms with Crippen LogP contribution in [0.4, 0.5) is 0 Å². The summed E-state index contributed by atoms with van der Waals surface area (Å²) in [5.74, 6) is 2.77. The average molecular weight is 220 g/mol. The van der Waals surface area contributed by atoms with Crippen LogP contribution in [0.2, 0.25) is 0 Å². The van der Waals surface area contributed by atoms with E-state index in [0.717, 1.165) is 0 Å². The van der Waals surface area contributed by atoms with Crippen molar-refractivity contribution in [2.24, 2.45) is 40.9 Å². The Hall–Kier alpha value is -1.06. The molecule has 0 N–H and O–H groups in total. The summed E-state index contributed by atoms with van der Waals surface area (Å²) < 4.78 is 10.4. The first-order valence-electron chi connectivity index (χ1n) is 5.91. The molecule has 6 aliphatic carbocycles. The maximum Gasteiger partial charge on any atom is 0.312 e. The summed E-state index contributed by atoms with van der Waals surface area (Å²) >= 11 is 0. The lowest BCUT2D eigenvalue weighted by molar-refractivity contribution is -0.645. The van der Waals surface area contributed by atoms with Gasteiger partial charge in [0, 0.05) is 24.7 Å². The maximum absolute atomic E-state index is 11.8. The van der Waals surface area contributed by atoms with Crippen molar-refractivity contribution in [1.29, 1.82) is 0 Å². The van der Waals surface area contributed by atoms with Gasteiger partial charge in [0.25, 0.3) is 0 Å². The zero-order chi connectivity index (χ0) is 11.0. The Balaban J connectivity index is 1.50. The van der Waals surface area contributed by atoms with Crippen molar-refractivity contribution in [3.05, 3.63) is 0 Å². The first-order chi connectivity index (χ1) is 7.63.